The summed E-state index contributed by atoms with van der Waals surface area (Å²) in [5, 5.41) is 3.17. The smallest absolute Gasteiger partial charge is 0.318 e. The van der Waals surface area contributed by atoms with E-state index in [4.69, 9.17) is 0 Å². The highest BCUT2D eigenvalue weighted by molar-refractivity contribution is 5.76. The van der Waals surface area contributed by atoms with Gasteiger partial charge in [-0.05, 0) is 48.2 Å². The van der Waals surface area contributed by atoms with Crippen molar-refractivity contribution < 1.29 is 4.79 Å². The van der Waals surface area contributed by atoms with Crippen molar-refractivity contribution >= 4 is 6.03 Å². The van der Waals surface area contributed by atoms with Gasteiger partial charge in [-0.2, -0.15) is 0 Å². The van der Waals surface area contributed by atoms with Crippen molar-refractivity contribution in [3.8, 4) is 5.69 Å². The summed E-state index contributed by atoms with van der Waals surface area (Å²) in [7, 11) is 0. The van der Waals surface area contributed by atoms with Gasteiger partial charge < -0.3 is 14.8 Å². The van der Waals surface area contributed by atoms with Crippen molar-refractivity contribution in [3.05, 3.63) is 125 Å². The second-order valence-electron chi connectivity index (χ2n) is 8.34. The summed E-state index contributed by atoms with van der Waals surface area (Å²) in [5.74, 6) is 0. The predicted octanol–water partition coefficient (Wildman–Crippen LogP) is 5.64. The summed E-state index contributed by atoms with van der Waals surface area (Å²) < 4.78 is 2.22. The van der Waals surface area contributed by atoms with E-state index < -0.39 is 0 Å². The van der Waals surface area contributed by atoms with Gasteiger partial charge in [0.2, 0.25) is 0 Å². The third kappa shape index (κ3) is 3.92. The third-order valence-electron chi connectivity index (χ3n) is 6.15. The number of nitrogens with zero attached hydrogens (tertiary/aromatic N) is 2. The van der Waals surface area contributed by atoms with Crippen LogP contribution >= 0.6 is 0 Å². The molecule has 0 fully saturated rings. The molecule has 3 aromatic carbocycles. The molecule has 160 valence electrons. The van der Waals surface area contributed by atoms with Crippen LogP contribution in [0.5, 0.6) is 0 Å². The lowest BCUT2D eigenvalue weighted by molar-refractivity contribution is 0.181. The van der Waals surface area contributed by atoms with Crippen LogP contribution in [0.15, 0.2) is 97.2 Å². The molecular weight excluding hydrogens is 394 g/mol. The van der Waals surface area contributed by atoms with E-state index in [9.17, 15) is 4.79 Å². The Hall–Kier alpha value is -3.79. The third-order valence-corrected chi connectivity index (χ3v) is 6.15. The van der Waals surface area contributed by atoms with E-state index in [-0.39, 0.29) is 12.1 Å². The molecule has 4 aromatic rings. The van der Waals surface area contributed by atoms with E-state index in [2.05, 4.69) is 89.7 Å². The minimum Gasteiger partial charge on any atom is -0.338 e. The van der Waals surface area contributed by atoms with E-state index in [0.29, 0.717) is 13.1 Å². The molecule has 0 unspecified atom stereocenters. The Balaban J connectivity index is 1.49. The number of rotatable bonds is 4. The fraction of sp³-hybridized carbons (Fsp3) is 0.179. The van der Waals surface area contributed by atoms with Gasteiger partial charge in [-0.3, -0.25) is 0 Å². The number of benzene rings is 3. The second kappa shape index (κ2) is 8.75. The molecule has 2 amide bonds. The Morgan fingerprint density at radius 1 is 0.906 bits per heavy atom. The van der Waals surface area contributed by atoms with Crippen molar-refractivity contribution in [3.63, 3.8) is 0 Å². The van der Waals surface area contributed by atoms with Gasteiger partial charge in [0.25, 0.3) is 0 Å². The quantitative estimate of drug-likeness (QED) is 0.455. The summed E-state index contributed by atoms with van der Waals surface area (Å²) in [6, 6.07) is 31.1. The summed E-state index contributed by atoms with van der Waals surface area (Å²) >= 11 is 0. The van der Waals surface area contributed by atoms with Crippen molar-refractivity contribution in [1.82, 2.24) is 14.8 Å². The highest BCUT2D eigenvalue weighted by atomic mass is 16.2. The van der Waals surface area contributed by atoms with Crippen LogP contribution in [-0.2, 0) is 13.0 Å². The zero-order valence-corrected chi connectivity index (χ0v) is 18.2. The Morgan fingerprint density at radius 3 is 2.47 bits per heavy atom. The molecule has 2 heterocycles. The molecule has 4 heteroatoms. The zero-order chi connectivity index (χ0) is 21.9. The lowest BCUT2D eigenvalue weighted by Gasteiger charge is -2.31. The molecule has 0 aliphatic carbocycles. The number of hydrogen-bond acceptors (Lipinski definition) is 1. The largest absolute Gasteiger partial charge is 0.338 e. The normalized spacial score (nSPS) is 14.9. The SMILES string of the molecule is Cc1ccc([C@@H]2c3cccn3-c3ccccc3CN2C(=O)NCCc2ccccc2)cc1. The average molecular weight is 422 g/mol. The van der Waals surface area contributed by atoms with Crippen molar-refractivity contribution in [1.29, 1.82) is 0 Å². The lowest BCUT2D eigenvalue weighted by Crippen LogP contribution is -2.42. The molecule has 5 rings (SSSR count). The number of nitrogens with one attached hydrogen (secondary N) is 1. The van der Waals surface area contributed by atoms with Crippen LogP contribution < -0.4 is 5.32 Å². The maximum absolute atomic E-state index is 13.5. The second-order valence-corrected chi connectivity index (χ2v) is 8.34. The van der Waals surface area contributed by atoms with Gasteiger partial charge in [0.15, 0.2) is 0 Å². The molecule has 32 heavy (non-hydrogen) atoms. The fourth-order valence-corrected chi connectivity index (χ4v) is 4.50. The van der Waals surface area contributed by atoms with E-state index in [0.717, 1.165) is 28.9 Å². The molecule has 1 aliphatic rings. The molecule has 0 saturated carbocycles. The monoisotopic (exact) mass is 421 g/mol. The van der Waals surface area contributed by atoms with E-state index in [1.54, 1.807) is 0 Å². The van der Waals surface area contributed by atoms with Crippen LogP contribution in [0.2, 0.25) is 0 Å². The highest BCUT2D eigenvalue weighted by Gasteiger charge is 2.32. The summed E-state index contributed by atoms with van der Waals surface area (Å²) in [6.45, 7) is 3.24. The van der Waals surface area contributed by atoms with E-state index in [1.165, 1.54) is 11.1 Å². The minimum atomic E-state index is -0.172. The van der Waals surface area contributed by atoms with Crippen LogP contribution in [0, 0.1) is 6.92 Å². The molecule has 0 saturated heterocycles. The Morgan fingerprint density at radius 2 is 1.66 bits per heavy atom. The first-order chi connectivity index (χ1) is 15.7. The number of aromatic nitrogens is 1. The number of carbonyl (C=O) groups is 1. The van der Waals surface area contributed by atoms with Crippen molar-refractivity contribution in [2.75, 3.05) is 6.54 Å². The number of amides is 2. The van der Waals surface area contributed by atoms with Gasteiger partial charge >= 0.3 is 6.03 Å². The molecule has 1 N–H and O–H groups in total. The van der Waals surface area contributed by atoms with Gasteiger partial charge in [-0.1, -0.05) is 78.4 Å². The maximum Gasteiger partial charge on any atom is 0.318 e. The van der Waals surface area contributed by atoms with Crippen LogP contribution in [0.3, 0.4) is 0 Å². The number of hydrogen-bond donors (Lipinski definition) is 1. The van der Waals surface area contributed by atoms with Gasteiger partial charge in [0.1, 0.15) is 0 Å². The van der Waals surface area contributed by atoms with Crippen LogP contribution in [0.4, 0.5) is 4.79 Å². The Kier molecular flexibility index (Phi) is 5.51. The Bertz CT molecular complexity index is 1210. The summed E-state index contributed by atoms with van der Waals surface area (Å²) in [4.78, 5) is 15.5. The van der Waals surface area contributed by atoms with Gasteiger partial charge in [0, 0.05) is 18.4 Å². The lowest BCUT2D eigenvalue weighted by atomic mass is 10.0. The van der Waals surface area contributed by atoms with Gasteiger partial charge in [0.05, 0.1) is 18.3 Å². The molecule has 1 aliphatic heterocycles. The highest BCUT2D eigenvalue weighted by Crippen LogP contribution is 2.36. The first-order valence-electron chi connectivity index (χ1n) is 11.1. The summed E-state index contributed by atoms with van der Waals surface area (Å²) in [5.41, 5.74) is 6.90. The number of carbonyl (C=O) groups excluding carboxylic acids is 1. The Labute approximate surface area is 189 Å². The molecule has 1 aromatic heterocycles. The molecule has 0 spiro atoms. The topological polar surface area (TPSA) is 37.3 Å². The van der Waals surface area contributed by atoms with E-state index >= 15 is 0 Å². The fourth-order valence-electron chi connectivity index (χ4n) is 4.50. The first kappa shape index (κ1) is 20.1. The minimum absolute atomic E-state index is 0.0454. The molecule has 0 radical (unpaired) electrons. The number of para-hydroxylation sites is 1. The maximum atomic E-state index is 13.5. The van der Waals surface area contributed by atoms with Crippen molar-refractivity contribution in [2.24, 2.45) is 0 Å². The van der Waals surface area contributed by atoms with Crippen molar-refractivity contribution in [2.45, 2.75) is 25.9 Å². The predicted molar refractivity (Wildman–Crippen MR) is 128 cm³/mol. The standard InChI is InChI=1S/C28H27N3O/c1-21-13-15-23(16-14-21)27-26-12-7-19-30(26)25-11-6-5-10-24(25)20-31(27)28(32)29-18-17-22-8-3-2-4-9-22/h2-16,19,27H,17-18,20H2,1H3,(H,29,32)/t27-/m1/s1. The van der Waals surface area contributed by atoms with E-state index in [1.807, 2.05) is 29.2 Å². The molecule has 1 atom stereocenters. The van der Waals surface area contributed by atoms with Crippen LogP contribution in [-0.4, -0.2) is 22.0 Å². The van der Waals surface area contributed by atoms with Crippen LogP contribution in [0.1, 0.15) is 34.0 Å². The average Bonchev–Trinajstić information content (AvgIpc) is 3.25. The molecule has 0 bridgehead atoms. The van der Waals surface area contributed by atoms with Gasteiger partial charge in [-0.15, -0.1) is 0 Å². The molecular formula is C28H27N3O. The first-order valence-corrected chi connectivity index (χ1v) is 11.1. The molecule has 4 nitrogen and oxygen atoms in total. The summed E-state index contributed by atoms with van der Waals surface area (Å²) in [6.07, 6.45) is 2.90. The number of fused-ring (bicyclic) bond motifs is 3. The number of aryl methyl sites for hydroxylation is 1. The number of urea groups is 1. The van der Waals surface area contributed by atoms with Gasteiger partial charge in [-0.25, -0.2) is 4.79 Å². The van der Waals surface area contributed by atoms with Crippen LogP contribution in [0.25, 0.3) is 5.69 Å². The zero-order valence-electron chi connectivity index (χ0n) is 18.2.